The fraction of sp³-hybridized carbons (Fsp3) is 0.200. The lowest BCUT2D eigenvalue weighted by molar-refractivity contribution is -0.0281. The zero-order chi connectivity index (χ0) is 37.9. The minimum absolute atomic E-state index is 0.0380. The number of rotatable bonds is 6. The summed E-state index contributed by atoms with van der Waals surface area (Å²) in [5.41, 5.74) is 8.63. The summed E-state index contributed by atoms with van der Waals surface area (Å²) in [6.45, 7) is 8.31. The minimum atomic E-state index is -0.0576. The first-order chi connectivity index (χ1) is 27.5. The molecule has 1 aromatic heterocycles. The Hall–Kier alpha value is -6.94. The minimum Gasteiger partial charge on any atom is -0.238 e. The van der Waals surface area contributed by atoms with Crippen molar-refractivity contribution in [1.82, 2.24) is 15.0 Å². The van der Waals surface area contributed by atoms with Crippen LogP contribution in [0.3, 0.4) is 0 Å². The molecule has 266 valence electrons. The van der Waals surface area contributed by atoms with Crippen LogP contribution in [0.2, 0.25) is 0 Å². The smallest absolute Gasteiger partial charge is 0.195 e. The summed E-state index contributed by atoms with van der Waals surface area (Å²) in [6.07, 6.45) is 6.72. The molecule has 1 heterocycles. The lowest BCUT2D eigenvalue weighted by Gasteiger charge is -2.63. The standard InChI is InChI=1S/C50H36N6/c1-53-45-24-39(18-21-44(45)43-19-16-36(29-51)40-14-8-9-15-42(40)43)50-27-32-22-33(28-50)26-49(25-32,31-50)38-17-20-41(37(23-38)30-52)48-55-46(34-10-4-2-5-11-34)54-47(56-48)35-12-6-3-7-13-35/h2-21,23-24,32-33H,22,25-28,31H2. The summed E-state index contributed by atoms with van der Waals surface area (Å²) < 4.78 is 0. The van der Waals surface area contributed by atoms with Crippen molar-refractivity contribution in [3.05, 3.63) is 167 Å². The first kappa shape index (κ1) is 33.6. The third kappa shape index (κ3) is 5.47. The highest BCUT2D eigenvalue weighted by Crippen LogP contribution is 2.66. The van der Waals surface area contributed by atoms with E-state index in [1.807, 2.05) is 97.1 Å². The highest BCUT2D eigenvalue weighted by atomic mass is 15.0. The second kappa shape index (κ2) is 13.1. The van der Waals surface area contributed by atoms with Crippen molar-refractivity contribution in [3.63, 3.8) is 0 Å². The van der Waals surface area contributed by atoms with Gasteiger partial charge in [-0.15, -0.1) is 0 Å². The first-order valence-electron chi connectivity index (χ1n) is 19.3. The Balaban J connectivity index is 1.04. The van der Waals surface area contributed by atoms with E-state index in [-0.39, 0.29) is 10.8 Å². The van der Waals surface area contributed by atoms with Crippen LogP contribution in [-0.4, -0.2) is 15.0 Å². The fourth-order valence-electron chi connectivity index (χ4n) is 10.8. The monoisotopic (exact) mass is 720 g/mol. The Labute approximate surface area is 326 Å². The molecule has 0 amide bonds. The molecule has 6 heteroatoms. The number of nitriles is 2. The molecule has 2 atom stereocenters. The van der Waals surface area contributed by atoms with Crippen LogP contribution in [0.25, 0.3) is 60.9 Å². The summed E-state index contributed by atoms with van der Waals surface area (Å²) in [5, 5.41) is 22.3. The third-order valence-electron chi connectivity index (χ3n) is 12.8. The van der Waals surface area contributed by atoms with Crippen molar-refractivity contribution >= 4 is 16.5 Å². The predicted octanol–water partition coefficient (Wildman–Crippen LogP) is 11.8. The quantitative estimate of drug-likeness (QED) is 0.160. The third-order valence-corrected chi connectivity index (χ3v) is 12.8. The average Bonchev–Trinajstić information content (AvgIpc) is 3.25. The number of nitrogens with zero attached hydrogens (tertiary/aromatic N) is 6. The van der Waals surface area contributed by atoms with Crippen LogP contribution in [0.5, 0.6) is 0 Å². The second-order valence-electron chi connectivity index (χ2n) is 16.1. The van der Waals surface area contributed by atoms with Crippen molar-refractivity contribution < 1.29 is 0 Å². The molecule has 4 fully saturated rings. The van der Waals surface area contributed by atoms with Crippen LogP contribution in [0, 0.1) is 41.1 Å². The SMILES string of the molecule is [C-]#[N+]c1cc(C23CC4CC(CC(c5ccc(-c6nc(-c7ccccc7)nc(-c7ccccc7)n6)c(C#N)c5)(C4)C2)C3)ccc1-c1ccc(C#N)c2ccccc12. The van der Waals surface area contributed by atoms with Crippen molar-refractivity contribution in [2.45, 2.75) is 49.4 Å². The predicted molar refractivity (Wildman–Crippen MR) is 219 cm³/mol. The molecule has 6 aromatic carbocycles. The molecular weight excluding hydrogens is 685 g/mol. The van der Waals surface area contributed by atoms with E-state index in [1.165, 1.54) is 17.5 Å². The fourth-order valence-corrected chi connectivity index (χ4v) is 10.8. The highest BCUT2D eigenvalue weighted by Gasteiger charge is 2.58. The molecule has 4 aliphatic carbocycles. The van der Waals surface area contributed by atoms with Crippen LogP contribution in [0.15, 0.2) is 133 Å². The van der Waals surface area contributed by atoms with Crippen molar-refractivity contribution in [2.75, 3.05) is 0 Å². The number of fused-ring (bicyclic) bond motifs is 1. The van der Waals surface area contributed by atoms with Gasteiger partial charge in [-0.25, -0.2) is 19.8 Å². The van der Waals surface area contributed by atoms with Gasteiger partial charge in [0.05, 0.1) is 29.8 Å². The summed E-state index contributed by atoms with van der Waals surface area (Å²) in [7, 11) is 0. The van der Waals surface area contributed by atoms with Crippen LogP contribution in [0.1, 0.15) is 60.8 Å². The van der Waals surface area contributed by atoms with Crippen LogP contribution < -0.4 is 0 Å². The number of benzene rings is 6. The van der Waals surface area contributed by atoms with Gasteiger partial charge < -0.3 is 0 Å². The molecule has 4 saturated carbocycles. The van der Waals surface area contributed by atoms with Crippen molar-refractivity contribution in [1.29, 1.82) is 10.5 Å². The van der Waals surface area contributed by atoms with Gasteiger partial charge in [0.2, 0.25) is 0 Å². The van der Waals surface area contributed by atoms with Gasteiger partial charge >= 0.3 is 0 Å². The molecule has 0 saturated heterocycles. The van der Waals surface area contributed by atoms with Gasteiger partial charge in [0.15, 0.2) is 23.2 Å². The molecule has 0 spiro atoms. The van der Waals surface area contributed by atoms with Crippen LogP contribution >= 0.6 is 0 Å². The zero-order valence-electron chi connectivity index (χ0n) is 30.8. The van der Waals surface area contributed by atoms with E-state index in [4.69, 9.17) is 21.5 Å². The van der Waals surface area contributed by atoms with Gasteiger partial charge in [-0.1, -0.05) is 121 Å². The number of hydrogen-bond acceptors (Lipinski definition) is 5. The Kier molecular flexibility index (Phi) is 7.88. The van der Waals surface area contributed by atoms with Gasteiger partial charge in [-0.2, -0.15) is 10.5 Å². The van der Waals surface area contributed by atoms with E-state index in [1.54, 1.807) is 0 Å². The topological polar surface area (TPSA) is 90.6 Å². The molecule has 4 bridgehead atoms. The van der Waals surface area contributed by atoms with Gasteiger partial charge in [0.25, 0.3) is 0 Å². The van der Waals surface area contributed by atoms with E-state index in [9.17, 15) is 10.5 Å². The summed E-state index contributed by atoms with van der Waals surface area (Å²) in [5.74, 6) is 2.81. The van der Waals surface area contributed by atoms with Gasteiger partial charge in [-0.05, 0) is 107 Å². The number of aromatic nitrogens is 3. The van der Waals surface area contributed by atoms with Gasteiger partial charge in [0.1, 0.15) is 0 Å². The molecule has 7 aromatic rings. The lowest BCUT2D eigenvalue weighted by atomic mass is 9.41. The van der Waals surface area contributed by atoms with Crippen LogP contribution in [-0.2, 0) is 10.8 Å². The van der Waals surface area contributed by atoms with E-state index in [0.29, 0.717) is 51.7 Å². The normalized spacial score (nSPS) is 21.9. The highest BCUT2D eigenvalue weighted by molar-refractivity contribution is 6.02. The largest absolute Gasteiger partial charge is 0.238 e. The summed E-state index contributed by atoms with van der Waals surface area (Å²) in [4.78, 5) is 18.8. The number of hydrogen-bond donors (Lipinski definition) is 0. The lowest BCUT2D eigenvalue weighted by Crippen LogP contribution is -2.55. The zero-order valence-corrected chi connectivity index (χ0v) is 30.8. The molecule has 0 radical (unpaired) electrons. The first-order valence-corrected chi connectivity index (χ1v) is 19.3. The molecule has 0 aliphatic heterocycles. The Bertz CT molecular complexity index is 2750. The van der Waals surface area contributed by atoms with Gasteiger partial charge in [0, 0.05) is 16.7 Å². The molecule has 2 unspecified atom stereocenters. The molecule has 11 rings (SSSR count). The molecular formula is C50H36N6. The van der Waals surface area contributed by atoms with Gasteiger partial charge in [-0.3, -0.25) is 0 Å². The van der Waals surface area contributed by atoms with Crippen LogP contribution in [0.4, 0.5) is 5.69 Å². The van der Waals surface area contributed by atoms with Crippen molar-refractivity contribution in [2.24, 2.45) is 11.8 Å². The average molecular weight is 721 g/mol. The van der Waals surface area contributed by atoms with Crippen molar-refractivity contribution in [3.8, 4) is 57.4 Å². The molecule has 6 nitrogen and oxygen atoms in total. The maximum Gasteiger partial charge on any atom is 0.195 e. The molecule has 0 N–H and O–H groups in total. The summed E-state index contributed by atoms with van der Waals surface area (Å²) in [6, 6.07) is 49.5. The van der Waals surface area contributed by atoms with E-state index in [0.717, 1.165) is 65.1 Å². The molecule has 4 aliphatic rings. The Morgan fingerprint density at radius 3 is 1.64 bits per heavy atom. The maximum atomic E-state index is 10.7. The Morgan fingerprint density at radius 1 is 0.536 bits per heavy atom. The maximum absolute atomic E-state index is 10.7. The summed E-state index contributed by atoms with van der Waals surface area (Å²) >= 11 is 0. The second-order valence-corrected chi connectivity index (χ2v) is 16.1. The van der Waals surface area contributed by atoms with E-state index in [2.05, 4.69) is 53.4 Å². The van der Waals surface area contributed by atoms with E-state index < -0.39 is 0 Å². The van der Waals surface area contributed by atoms with E-state index >= 15 is 0 Å². The molecule has 56 heavy (non-hydrogen) atoms. The Morgan fingerprint density at radius 2 is 1.05 bits per heavy atom.